The molecule has 3 aromatic rings. The summed E-state index contributed by atoms with van der Waals surface area (Å²) in [5.74, 6) is -1.81. The number of hydrogen-bond donors (Lipinski definition) is 1. The minimum absolute atomic E-state index is 0.00778. The Morgan fingerprint density at radius 2 is 1.88 bits per heavy atom. The summed E-state index contributed by atoms with van der Waals surface area (Å²) < 4.78 is 41.1. The van der Waals surface area contributed by atoms with Gasteiger partial charge in [0.1, 0.15) is 5.82 Å². The lowest BCUT2D eigenvalue weighted by molar-refractivity contribution is 0.0978. The fraction of sp³-hybridized carbons (Fsp3) is 0.364. The summed E-state index contributed by atoms with van der Waals surface area (Å²) in [5, 5.41) is 6.38. The lowest BCUT2D eigenvalue weighted by Crippen LogP contribution is -2.30. The molecule has 33 heavy (non-hydrogen) atoms. The van der Waals surface area contributed by atoms with Crippen LogP contribution in [0.1, 0.15) is 47.0 Å². The van der Waals surface area contributed by atoms with Gasteiger partial charge in [0, 0.05) is 40.6 Å². The molecule has 0 spiro atoms. The molecule has 0 bridgehead atoms. The predicted molar refractivity (Wildman–Crippen MR) is 127 cm³/mol. The van der Waals surface area contributed by atoms with E-state index in [1.807, 2.05) is 12.1 Å². The van der Waals surface area contributed by atoms with Crippen LogP contribution in [0.25, 0.3) is 10.9 Å². The highest BCUT2D eigenvalue weighted by Gasteiger charge is 2.30. The lowest BCUT2D eigenvalue weighted by atomic mass is 10.1. The Morgan fingerprint density at radius 1 is 1.21 bits per heavy atom. The summed E-state index contributed by atoms with van der Waals surface area (Å²) in [5.41, 5.74) is 1.87. The first-order chi connectivity index (χ1) is 15.4. The number of rotatable bonds is 5. The van der Waals surface area contributed by atoms with Crippen LogP contribution in [0, 0.1) is 12.7 Å². The normalized spacial score (nSPS) is 18.1. The highest BCUT2D eigenvalue weighted by molar-refractivity contribution is 7.89. The van der Waals surface area contributed by atoms with Gasteiger partial charge in [-0.05, 0) is 50.1 Å². The summed E-state index contributed by atoms with van der Waals surface area (Å²) in [6.45, 7) is 5.37. The first kappa shape index (κ1) is 23.9. The Kier molecular flexibility index (Phi) is 6.43. The summed E-state index contributed by atoms with van der Waals surface area (Å²) >= 11 is 12.3. The van der Waals surface area contributed by atoms with Gasteiger partial charge in [0.2, 0.25) is 10.0 Å². The van der Waals surface area contributed by atoms with E-state index < -0.39 is 21.7 Å². The highest BCUT2D eigenvalue weighted by Crippen LogP contribution is 2.34. The Balaban J connectivity index is 1.61. The van der Waals surface area contributed by atoms with Crippen LogP contribution < -0.4 is 4.72 Å². The third-order valence-corrected chi connectivity index (χ3v) is 6.95. The van der Waals surface area contributed by atoms with E-state index in [2.05, 4.69) is 16.9 Å². The van der Waals surface area contributed by atoms with Crippen LogP contribution in [-0.4, -0.2) is 48.4 Å². The van der Waals surface area contributed by atoms with Crippen molar-refractivity contribution >= 4 is 50.0 Å². The van der Waals surface area contributed by atoms with Crippen LogP contribution in [0.3, 0.4) is 0 Å². The van der Waals surface area contributed by atoms with Crippen molar-refractivity contribution in [3.05, 3.63) is 63.0 Å². The minimum atomic E-state index is -3.81. The maximum Gasteiger partial charge on any atom is 0.267 e. The van der Waals surface area contributed by atoms with Gasteiger partial charge < -0.3 is 0 Å². The maximum absolute atomic E-state index is 14.8. The largest absolute Gasteiger partial charge is 0.294 e. The Morgan fingerprint density at radius 3 is 2.52 bits per heavy atom. The molecule has 1 aromatic heterocycles. The molecule has 2 atom stereocenters. The zero-order valence-corrected chi connectivity index (χ0v) is 20.6. The van der Waals surface area contributed by atoms with E-state index in [-0.39, 0.29) is 17.6 Å². The molecule has 1 saturated heterocycles. The third-order valence-electron chi connectivity index (χ3n) is 5.96. The standard InChI is InChI=1S/C22H23Cl2FN4O3S/c1-12-18-9-19(22(30)27-33(3,31)32)20(25)10-21(18)29(26-12)17-4-5-28(11-17)13(2)14-6-15(23)8-16(24)7-14/h6-10,13,17H,4-5,11H2,1-3H3,(H,27,30)/t13-,17+/m0/s1. The van der Waals surface area contributed by atoms with E-state index in [1.54, 1.807) is 22.4 Å². The predicted octanol–water partition coefficient (Wildman–Crippen LogP) is 4.49. The van der Waals surface area contributed by atoms with Gasteiger partial charge in [0.25, 0.3) is 5.91 Å². The van der Waals surface area contributed by atoms with E-state index in [4.69, 9.17) is 23.2 Å². The van der Waals surface area contributed by atoms with E-state index >= 15 is 0 Å². The number of benzene rings is 2. The van der Waals surface area contributed by atoms with Crippen molar-refractivity contribution < 1.29 is 17.6 Å². The smallest absolute Gasteiger partial charge is 0.267 e. The molecule has 2 aromatic carbocycles. The molecule has 4 rings (SSSR count). The summed E-state index contributed by atoms with van der Waals surface area (Å²) in [6.07, 6.45) is 1.65. The van der Waals surface area contributed by atoms with Crippen molar-refractivity contribution in [1.29, 1.82) is 0 Å². The van der Waals surface area contributed by atoms with Crippen LogP contribution in [0.2, 0.25) is 10.0 Å². The molecular formula is C22H23Cl2FN4O3S. The number of fused-ring (bicyclic) bond motifs is 1. The second-order valence-corrected chi connectivity index (χ2v) is 11.0. The Bertz CT molecular complexity index is 1340. The molecule has 0 saturated carbocycles. The number of aromatic nitrogens is 2. The number of nitrogens with zero attached hydrogens (tertiary/aromatic N) is 3. The molecule has 11 heteroatoms. The van der Waals surface area contributed by atoms with Gasteiger partial charge in [-0.15, -0.1) is 0 Å². The number of halogens is 3. The molecule has 2 heterocycles. The number of sulfonamides is 1. The van der Waals surface area contributed by atoms with Crippen LogP contribution in [0.4, 0.5) is 4.39 Å². The molecule has 1 aliphatic heterocycles. The second-order valence-electron chi connectivity index (χ2n) is 8.40. The topological polar surface area (TPSA) is 84.3 Å². The van der Waals surface area contributed by atoms with Gasteiger partial charge in [-0.25, -0.2) is 17.5 Å². The fourth-order valence-corrected chi connectivity index (χ4v) is 5.32. The van der Waals surface area contributed by atoms with Gasteiger partial charge in [-0.3, -0.25) is 14.4 Å². The summed E-state index contributed by atoms with van der Waals surface area (Å²) in [7, 11) is -3.81. The van der Waals surface area contributed by atoms with Gasteiger partial charge >= 0.3 is 0 Å². The van der Waals surface area contributed by atoms with Crippen LogP contribution in [0.15, 0.2) is 30.3 Å². The van der Waals surface area contributed by atoms with Gasteiger partial charge in [0.15, 0.2) is 0 Å². The molecule has 1 fully saturated rings. The number of nitrogens with one attached hydrogen (secondary N) is 1. The molecule has 0 radical (unpaired) electrons. The summed E-state index contributed by atoms with van der Waals surface area (Å²) in [4.78, 5) is 14.5. The summed E-state index contributed by atoms with van der Waals surface area (Å²) in [6, 6.07) is 8.19. The molecule has 1 amide bonds. The zero-order valence-electron chi connectivity index (χ0n) is 18.3. The molecular weight excluding hydrogens is 490 g/mol. The van der Waals surface area contributed by atoms with Crippen molar-refractivity contribution in [2.45, 2.75) is 32.4 Å². The number of aryl methyl sites for hydroxylation is 1. The number of hydrogen-bond acceptors (Lipinski definition) is 5. The van der Waals surface area contributed by atoms with Gasteiger partial charge in [0.05, 0.1) is 29.1 Å². The SMILES string of the molecule is Cc1nn([C@@H]2CCN([C@@H](C)c3cc(Cl)cc(Cl)c3)C2)c2cc(F)c(C(=O)NS(C)(=O)=O)cc12. The first-order valence-electron chi connectivity index (χ1n) is 10.3. The number of likely N-dealkylation sites (tertiary alicyclic amines) is 1. The van der Waals surface area contributed by atoms with Crippen molar-refractivity contribution in [2.24, 2.45) is 0 Å². The van der Waals surface area contributed by atoms with Crippen molar-refractivity contribution in [2.75, 3.05) is 19.3 Å². The lowest BCUT2D eigenvalue weighted by Gasteiger charge is -2.25. The van der Waals surface area contributed by atoms with Crippen LogP contribution in [-0.2, 0) is 10.0 Å². The monoisotopic (exact) mass is 512 g/mol. The van der Waals surface area contributed by atoms with Gasteiger partial charge in [-0.1, -0.05) is 23.2 Å². The van der Waals surface area contributed by atoms with E-state index in [0.29, 0.717) is 33.2 Å². The molecule has 1 N–H and O–H groups in total. The number of carbonyl (C=O) groups excluding carboxylic acids is 1. The quantitative estimate of drug-likeness (QED) is 0.544. The van der Waals surface area contributed by atoms with Crippen LogP contribution >= 0.6 is 23.2 Å². The van der Waals surface area contributed by atoms with E-state index in [1.165, 1.54) is 12.1 Å². The number of carbonyl (C=O) groups is 1. The average Bonchev–Trinajstić information content (AvgIpc) is 3.29. The Labute approximate surface area is 201 Å². The first-order valence-corrected chi connectivity index (χ1v) is 13.0. The maximum atomic E-state index is 14.8. The van der Waals surface area contributed by atoms with E-state index in [0.717, 1.165) is 24.8 Å². The van der Waals surface area contributed by atoms with E-state index in [9.17, 15) is 17.6 Å². The second kappa shape index (κ2) is 8.87. The third kappa shape index (κ3) is 5.01. The zero-order chi connectivity index (χ0) is 24.1. The molecule has 0 aliphatic carbocycles. The highest BCUT2D eigenvalue weighted by atomic mass is 35.5. The average molecular weight is 513 g/mol. The van der Waals surface area contributed by atoms with Crippen LogP contribution in [0.5, 0.6) is 0 Å². The van der Waals surface area contributed by atoms with Gasteiger partial charge in [-0.2, -0.15) is 5.10 Å². The Hall–Kier alpha value is -2.20. The molecule has 176 valence electrons. The molecule has 7 nitrogen and oxygen atoms in total. The van der Waals surface area contributed by atoms with Crippen molar-refractivity contribution in [3.8, 4) is 0 Å². The van der Waals surface area contributed by atoms with Crippen molar-refractivity contribution in [3.63, 3.8) is 0 Å². The molecule has 0 unspecified atom stereocenters. The van der Waals surface area contributed by atoms with Crippen molar-refractivity contribution in [1.82, 2.24) is 19.4 Å². The number of amides is 1. The fourth-order valence-electron chi connectivity index (χ4n) is 4.33. The minimum Gasteiger partial charge on any atom is -0.294 e. The molecule has 1 aliphatic rings.